The van der Waals surface area contributed by atoms with Crippen LogP contribution in [0.2, 0.25) is 0 Å². The standard InChI is InChI=1S/C20H21BrN4O2S/c1-24(11-16-9-10-17(27-16)13-5-7-15(21)8-6-13)18(26)12-28-20-23-22-19(25(20)2)14-3-4-14/h5-10,14H,3-4,11-12H2,1-2H3. The van der Waals surface area contributed by atoms with E-state index in [4.69, 9.17) is 4.42 Å². The predicted octanol–water partition coefficient (Wildman–Crippen LogP) is 4.47. The van der Waals surface area contributed by atoms with Crippen LogP contribution in [0.4, 0.5) is 0 Å². The number of furan rings is 1. The molecule has 1 fully saturated rings. The van der Waals surface area contributed by atoms with Crippen molar-refractivity contribution in [3.8, 4) is 11.3 Å². The fourth-order valence-corrected chi connectivity index (χ4v) is 4.06. The molecule has 1 saturated carbocycles. The molecule has 2 heterocycles. The SMILES string of the molecule is CN(Cc1ccc(-c2ccc(Br)cc2)o1)C(=O)CSc1nnc(C2CC2)n1C. The maximum atomic E-state index is 12.5. The lowest BCUT2D eigenvalue weighted by molar-refractivity contribution is -0.127. The van der Waals surface area contributed by atoms with Gasteiger partial charge in [-0.2, -0.15) is 0 Å². The number of carbonyl (C=O) groups is 1. The van der Waals surface area contributed by atoms with Crippen molar-refractivity contribution < 1.29 is 9.21 Å². The minimum Gasteiger partial charge on any atom is -0.459 e. The highest BCUT2D eigenvalue weighted by Gasteiger charge is 2.29. The fraction of sp³-hybridized carbons (Fsp3) is 0.350. The highest BCUT2D eigenvalue weighted by molar-refractivity contribution is 9.10. The first kappa shape index (κ1) is 19.3. The minimum absolute atomic E-state index is 0.0302. The Morgan fingerprint density at radius 2 is 2.00 bits per heavy atom. The molecule has 0 unspecified atom stereocenters. The molecule has 28 heavy (non-hydrogen) atoms. The van der Waals surface area contributed by atoms with Gasteiger partial charge < -0.3 is 13.9 Å². The first-order chi connectivity index (χ1) is 13.5. The Morgan fingerprint density at radius 1 is 1.25 bits per heavy atom. The first-order valence-electron chi connectivity index (χ1n) is 9.12. The molecule has 1 aromatic carbocycles. The first-order valence-corrected chi connectivity index (χ1v) is 10.9. The van der Waals surface area contributed by atoms with Gasteiger partial charge in [0.05, 0.1) is 12.3 Å². The third kappa shape index (κ3) is 4.33. The second-order valence-corrected chi connectivity index (χ2v) is 8.84. The van der Waals surface area contributed by atoms with Crippen LogP contribution in [0, 0.1) is 0 Å². The molecule has 146 valence electrons. The van der Waals surface area contributed by atoms with Gasteiger partial charge in [0, 0.05) is 30.0 Å². The Balaban J connectivity index is 1.32. The van der Waals surface area contributed by atoms with Crippen LogP contribution in [-0.2, 0) is 18.4 Å². The fourth-order valence-electron chi connectivity index (χ4n) is 2.94. The van der Waals surface area contributed by atoms with E-state index in [9.17, 15) is 4.79 Å². The number of nitrogens with zero attached hydrogens (tertiary/aromatic N) is 4. The van der Waals surface area contributed by atoms with E-state index in [0.717, 1.165) is 32.5 Å². The number of benzene rings is 1. The molecule has 0 radical (unpaired) electrons. The summed E-state index contributed by atoms with van der Waals surface area (Å²) in [7, 11) is 3.76. The molecule has 0 saturated heterocycles. The van der Waals surface area contributed by atoms with E-state index >= 15 is 0 Å². The van der Waals surface area contributed by atoms with Crippen molar-refractivity contribution in [1.29, 1.82) is 0 Å². The Morgan fingerprint density at radius 3 is 2.71 bits per heavy atom. The molecule has 0 spiro atoms. The molecule has 2 aromatic heterocycles. The van der Waals surface area contributed by atoms with Crippen molar-refractivity contribution in [1.82, 2.24) is 19.7 Å². The molecule has 4 rings (SSSR count). The minimum atomic E-state index is 0.0302. The van der Waals surface area contributed by atoms with E-state index in [2.05, 4.69) is 26.1 Å². The zero-order chi connectivity index (χ0) is 19.7. The zero-order valence-electron chi connectivity index (χ0n) is 15.8. The van der Waals surface area contributed by atoms with E-state index < -0.39 is 0 Å². The van der Waals surface area contributed by atoms with E-state index in [1.54, 1.807) is 11.9 Å². The summed E-state index contributed by atoms with van der Waals surface area (Å²) in [5, 5.41) is 9.26. The Labute approximate surface area is 176 Å². The Kier molecular flexibility index (Phi) is 5.59. The predicted molar refractivity (Wildman–Crippen MR) is 112 cm³/mol. The Hall–Kier alpha value is -2.06. The van der Waals surface area contributed by atoms with Crippen molar-refractivity contribution in [2.75, 3.05) is 12.8 Å². The monoisotopic (exact) mass is 460 g/mol. The molecule has 8 heteroatoms. The van der Waals surface area contributed by atoms with E-state index in [1.165, 1.54) is 24.6 Å². The van der Waals surface area contributed by atoms with Gasteiger partial charge in [0.25, 0.3) is 0 Å². The smallest absolute Gasteiger partial charge is 0.233 e. The lowest BCUT2D eigenvalue weighted by Crippen LogP contribution is -2.27. The summed E-state index contributed by atoms with van der Waals surface area (Å²) in [5.41, 5.74) is 1.01. The van der Waals surface area contributed by atoms with Crippen LogP contribution in [0.25, 0.3) is 11.3 Å². The van der Waals surface area contributed by atoms with E-state index in [1.807, 2.05) is 48.0 Å². The molecule has 1 aliphatic carbocycles. The highest BCUT2D eigenvalue weighted by atomic mass is 79.9. The molecule has 0 atom stereocenters. The molecule has 0 N–H and O–H groups in total. The number of rotatable bonds is 7. The van der Waals surface area contributed by atoms with Crippen LogP contribution in [0.5, 0.6) is 0 Å². The summed E-state index contributed by atoms with van der Waals surface area (Å²) in [6.07, 6.45) is 2.37. The van der Waals surface area contributed by atoms with Gasteiger partial charge in [-0.25, -0.2) is 0 Å². The molecule has 0 aliphatic heterocycles. The van der Waals surface area contributed by atoms with Crippen molar-refractivity contribution in [2.45, 2.75) is 30.5 Å². The van der Waals surface area contributed by atoms with Crippen LogP contribution in [-0.4, -0.2) is 38.4 Å². The second kappa shape index (κ2) is 8.13. The zero-order valence-corrected chi connectivity index (χ0v) is 18.2. The largest absolute Gasteiger partial charge is 0.459 e. The van der Waals surface area contributed by atoms with Gasteiger partial charge >= 0.3 is 0 Å². The third-order valence-electron chi connectivity index (χ3n) is 4.74. The molecular formula is C20H21BrN4O2S. The average molecular weight is 461 g/mol. The van der Waals surface area contributed by atoms with E-state index in [0.29, 0.717) is 18.2 Å². The summed E-state index contributed by atoms with van der Waals surface area (Å²) < 4.78 is 8.94. The van der Waals surface area contributed by atoms with Gasteiger partial charge in [0.2, 0.25) is 5.91 Å². The molecular weight excluding hydrogens is 440 g/mol. The number of halogens is 1. The van der Waals surface area contributed by atoms with Crippen LogP contribution >= 0.6 is 27.7 Å². The summed E-state index contributed by atoms with van der Waals surface area (Å²) in [4.78, 5) is 14.2. The normalized spacial score (nSPS) is 13.7. The van der Waals surface area contributed by atoms with Gasteiger partial charge in [0.15, 0.2) is 5.16 Å². The van der Waals surface area contributed by atoms with Crippen LogP contribution in [0.1, 0.15) is 30.3 Å². The van der Waals surface area contributed by atoms with Crippen LogP contribution in [0.15, 0.2) is 50.4 Å². The highest BCUT2D eigenvalue weighted by Crippen LogP contribution is 2.39. The number of amides is 1. The van der Waals surface area contributed by atoms with Gasteiger partial charge in [-0.3, -0.25) is 4.79 Å². The summed E-state index contributed by atoms with van der Waals surface area (Å²) in [5.74, 6) is 3.48. The van der Waals surface area contributed by atoms with Crippen molar-refractivity contribution in [2.24, 2.45) is 7.05 Å². The number of aromatic nitrogens is 3. The number of thioether (sulfide) groups is 1. The summed E-state index contributed by atoms with van der Waals surface area (Å²) >= 11 is 4.86. The number of hydrogen-bond donors (Lipinski definition) is 0. The summed E-state index contributed by atoms with van der Waals surface area (Å²) in [6.45, 7) is 0.433. The number of hydrogen-bond acceptors (Lipinski definition) is 5. The maximum absolute atomic E-state index is 12.5. The quantitative estimate of drug-likeness (QED) is 0.486. The molecule has 1 amide bonds. The van der Waals surface area contributed by atoms with Crippen LogP contribution in [0.3, 0.4) is 0 Å². The maximum Gasteiger partial charge on any atom is 0.233 e. The molecule has 1 aliphatic rings. The number of carbonyl (C=O) groups excluding carboxylic acids is 1. The molecule has 3 aromatic rings. The topological polar surface area (TPSA) is 64.2 Å². The second-order valence-electron chi connectivity index (χ2n) is 6.99. The average Bonchev–Trinajstić information content (AvgIpc) is 3.31. The lowest BCUT2D eigenvalue weighted by atomic mass is 10.2. The van der Waals surface area contributed by atoms with Crippen molar-refractivity contribution in [3.05, 3.63) is 52.5 Å². The van der Waals surface area contributed by atoms with Gasteiger partial charge in [-0.05, 0) is 37.1 Å². The van der Waals surface area contributed by atoms with Gasteiger partial charge in [-0.15, -0.1) is 10.2 Å². The molecule has 6 nitrogen and oxygen atoms in total. The van der Waals surface area contributed by atoms with Gasteiger partial charge in [-0.1, -0.05) is 39.8 Å². The summed E-state index contributed by atoms with van der Waals surface area (Å²) in [6, 6.07) is 11.8. The third-order valence-corrected chi connectivity index (χ3v) is 6.28. The lowest BCUT2D eigenvalue weighted by Gasteiger charge is -2.15. The van der Waals surface area contributed by atoms with Gasteiger partial charge in [0.1, 0.15) is 17.3 Å². The van der Waals surface area contributed by atoms with Crippen LogP contribution < -0.4 is 0 Å². The van der Waals surface area contributed by atoms with Crippen molar-refractivity contribution >= 4 is 33.6 Å². The van der Waals surface area contributed by atoms with E-state index in [-0.39, 0.29) is 5.91 Å². The van der Waals surface area contributed by atoms with Crippen molar-refractivity contribution in [3.63, 3.8) is 0 Å². The molecule has 0 bridgehead atoms. The Bertz CT molecular complexity index is 979.